The van der Waals surface area contributed by atoms with Gasteiger partial charge in [0.25, 0.3) is 0 Å². The minimum Gasteiger partial charge on any atom is -0.457 e. The molecule has 2 rings (SSSR count). The van der Waals surface area contributed by atoms with Gasteiger partial charge in [0.15, 0.2) is 5.75 Å². The average Bonchev–Trinajstić information content (AvgIpc) is 2.59. The molecule has 0 N–H and O–H groups in total. The first-order valence-corrected chi connectivity index (χ1v) is 3.63. The van der Waals surface area contributed by atoms with Crippen molar-refractivity contribution >= 4 is 0 Å². The van der Waals surface area contributed by atoms with Crippen molar-refractivity contribution in [1.29, 1.82) is 0 Å². The van der Waals surface area contributed by atoms with Crippen LogP contribution in [0.15, 0.2) is 47.1 Å². The number of benzene rings is 1. The second-order valence-corrected chi connectivity index (χ2v) is 2.30. The van der Waals surface area contributed by atoms with Crippen LogP contribution < -0.4 is 4.74 Å². The molecule has 1 radical (unpaired) electrons. The van der Waals surface area contributed by atoms with Crippen molar-refractivity contribution in [2.75, 3.05) is 0 Å². The van der Waals surface area contributed by atoms with Crippen molar-refractivity contribution in [2.45, 2.75) is 0 Å². The SMILES string of the molecule is [c]1occc1Oc1ccccc1. The lowest BCUT2D eigenvalue weighted by Crippen LogP contribution is -1.79. The molecule has 2 heteroatoms. The van der Waals surface area contributed by atoms with Crippen LogP contribution in [0.1, 0.15) is 0 Å². The van der Waals surface area contributed by atoms with Gasteiger partial charge in [-0.15, -0.1) is 0 Å². The van der Waals surface area contributed by atoms with Gasteiger partial charge in [-0.05, 0) is 12.1 Å². The van der Waals surface area contributed by atoms with Crippen LogP contribution in [0, 0.1) is 6.26 Å². The summed E-state index contributed by atoms with van der Waals surface area (Å²) in [6.07, 6.45) is 4.11. The summed E-state index contributed by atoms with van der Waals surface area (Å²) in [6.45, 7) is 0. The van der Waals surface area contributed by atoms with E-state index in [0.29, 0.717) is 5.75 Å². The Balaban J connectivity index is 2.15. The van der Waals surface area contributed by atoms with E-state index in [1.807, 2.05) is 30.3 Å². The highest BCUT2D eigenvalue weighted by Gasteiger charge is 1.96. The molecule has 0 atom stereocenters. The molecule has 59 valence electrons. The smallest absolute Gasteiger partial charge is 0.215 e. The first-order chi connectivity index (χ1) is 5.95. The third kappa shape index (κ3) is 1.48. The second kappa shape index (κ2) is 3.13. The molecule has 1 heterocycles. The topological polar surface area (TPSA) is 22.4 Å². The van der Waals surface area contributed by atoms with Crippen molar-refractivity contribution in [3.63, 3.8) is 0 Å². The fourth-order valence-corrected chi connectivity index (χ4v) is 0.892. The minimum atomic E-state index is 0.598. The van der Waals surface area contributed by atoms with Gasteiger partial charge in [0.2, 0.25) is 6.26 Å². The summed E-state index contributed by atoms with van der Waals surface area (Å²) in [4.78, 5) is 0. The van der Waals surface area contributed by atoms with Crippen molar-refractivity contribution < 1.29 is 9.15 Å². The Labute approximate surface area is 70.4 Å². The van der Waals surface area contributed by atoms with Gasteiger partial charge in [-0.3, -0.25) is 0 Å². The van der Waals surface area contributed by atoms with Crippen LogP contribution in [0.4, 0.5) is 0 Å². The maximum atomic E-state index is 5.37. The highest BCUT2D eigenvalue weighted by molar-refractivity contribution is 5.27. The van der Waals surface area contributed by atoms with E-state index in [1.54, 1.807) is 6.07 Å². The normalized spacial score (nSPS) is 9.67. The molecule has 0 aliphatic carbocycles. The monoisotopic (exact) mass is 159 g/mol. The number of para-hydroxylation sites is 1. The first-order valence-electron chi connectivity index (χ1n) is 3.63. The Kier molecular flexibility index (Phi) is 1.82. The molecule has 0 fully saturated rings. The van der Waals surface area contributed by atoms with Gasteiger partial charge in [-0.25, -0.2) is 0 Å². The number of rotatable bonds is 2. The molecule has 1 aromatic carbocycles. The summed E-state index contributed by atoms with van der Waals surface area (Å²) in [6, 6.07) is 11.2. The van der Waals surface area contributed by atoms with E-state index < -0.39 is 0 Å². The molecule has 0 amide bonds. The van der Waals surface area contributed by atoms with Crippen LogP contribution in [-0.4, -0.2) is 0 Å². The second-order valence-electron chi connectivity index (χ2n) is 2.30. The molecule has 0 spiro atoms. The van der Waals surface area contributed by atoms with E-state index in [0.717, 1.165) is 5.75 Å². The zero-order chi connectivity index (χ0) is 8.23. The average molecular weight is 159 g/mol. The van der Waals surface area contributed by atoms with Crippen LogP contribution in [0.25, 0.3) is 0 Å². The van der Waals surface area contributed by atoms with Crippen molar-refractivity contribution in [3.8, 4) is 11.5 Å². The largest absolute Gasteiger partial charge is 0.457 e. The fourth-order valence-electron chi connectivity index (χ4n) is 0.892. The van der Waals surface area contributed by atoms with Gasteiger partial charge < -0.3 is 9.15 Å². The molecule has 12 heavy (non-hydrogen) atoms. The molecular formula is C10H7O2. The van der Waals surface area contributed by atoms with Crippen molar-refractivity contribution in [1.82, 2.24) is 0 Å². The van der Waals surface area contributed by atoms with Crippen LogP contribution in [-0.2, 0) is 0 Å². The summed E-state index contributed by atoms with van der Waals surface area (Å²) in [5.74, 6) is 1.39. The summed E-state index contributed by atoms with van der Waals surface area (Å²) < 4.78 is 10.1. The Morgan fingerprint density at radius 1 is 1.08 bits per heavy atom. The Bertz CT molecular complexity index is 324. The van der Waals surface area contributed by atoms with Gasteiger partial charge in [0.1, 0.15) is 5.75 Å². The number of furan rings is 1. The minimum absolute atomic E-state index is 0.598. The van der Waals surface area contributed by atoms with Crippen LogP contribution in [0.3, 0.4) is 0 Å². The predicted octanol–water partition coefficient (Wildman–Crippen LogP) is 2.87. The molecule has 1 aromatic heterocycles. The zero-order valence-electron chi connectivity index (χ0n) is 6.36. The quantitative estimate of drug-likeness (QED) is 0.672. The number of hydrogen-bond acceptors (Lipinski definition) is 2. The summed E-state index contributed by atoms with van der Waals surface area (Å²) in [5, 5.41) is 0. The third-order valence-electron chi connectivity index (χ3n) is 1.42. The maximum absolute atomic E-state index is 5.37. The molecule has 0 unspecified atom stereocenters. The van der Waals surface area contributed by atoms with E-state index >= 15 is 0 Å². The van der Waals surface area contributed by atoms with E-state index in [4.69, 9.17) is 9.15 Å². The molecule has 0 aliphatic heterocycles. The highest BCUT2D eigenvalue weighted by atomic mass is 16.5. The standard InChI is InChI=1S/C10H7O2/c1-2-4-9(5-3-1)12-10-6-7-11-8-10/h1-7H. The molecular weight excluding hydrogens is 152 g/mol. The van der Waals surface area contributed by atoms with Crippen LogP contribution in [0.5, 0.6) is 11.5 Å². The molecule has 2 aromatic rings. The van der Waals surface area contributed by atoms with Gasteiger partial charge in [-0.2, -0.15) is 0 Å². The fraction of sp³-hybridized carbons (Fsp3) is 0. The summed E-state index contributed by atoms with van der Waals surface area (Å²) >= 11 is 0. The van der Waals surface area contributed by atoms with E-state index in [9.17, 15) is 0 Å². The predicted molar refractivity (Wildman–Crippen MR) is 44.1 cm³/mol. The van der Waals surface area contributed by atoms with E-state index in [2.05, 4.69) is 6.26 Å². The van der Waals surface area contributed by atoms with Gasteiger partial charge in [-0.1, -0.05) is 18.2 Å². The third-order valence-corrected chi connectivity index (χ3v) is 1.42. The van der Waals surface area contributed by atoms with Crippen LogP contribution >= 0.6 is 0 Å². The lowest BCUT2D eigenvalue weighted by molar-refractivity contribution is 0.462. The Morgan fingerprint density at radius 2 is 1.92 bits per heavy atom. The highest BCUT2D eigenvalue weighted by Crippen LogP contribution is 2.19. The zero-order valence-corrected chi connectivity index (χ0v) is 6.36. The maximum Gasteiger partial charge on any atom is 0.215 e. The lowest BCUT2D eigenvalue weighted by atomic mass is 10.3. The Morgan fingerprint density at radius 3 is 2.58 bits per heavy atom. The van der Waals surface area contributed by atoms with E-state index in [-0.39, 0.29) is 0 Å². The Hall–Kier alpha value is -1.70. The molecule has 0 bridgehead atoms. The summed E-state index contributed by atoms with van der Waals surface area (Å²) in [7, 11) is 0. The molecule has 0 saturated carbocycles. The van der Waals surface area contributed by atoms with Crippen molar-refractivity contribution in [3.05, 3.63) is 48.9 Å². The number of hydrogen-bond donors (Lipinski definition) is 0. The van der Waals surface area contributed by atoms with Crippen LogP contribution in [0.2, 0.25) is 0 Å². The van der Waals surface area contributed by atoms with E-state index in [1.165, 1.54) is 6.26 Å². The van der Waals surface area contributed by atoms with Crippen molar-refractivity contribution in [2.24, 2.45) is 0 Å². The molecule has 2 nitrogen and oxygen atoms in total. The van der Waals surface area contributed by atoms with Gasteiger partial charge >= 0.3 is 0 Å². The van der Waals surface area contributed by atoms with Gasteiger partial charge in [0.05, 0.1) is 6.26 Å². The summed E-state index contributed by atoms with van der Waals surface area (Å²) in [5.41, 5.74) is 0. The lowest BCUT2D eigenvalue weighted by Gasteiger charge is -1.99. The molecule has 0 saturated heterocycles. The number of ether oxygens (including phenoxy) is 1. The first kappa shape index (κ1) is 6.98. The molecule has 0 aliphatic rings. The van der Waals surface area contributed by atoms with Gasteiger partial charge in [0, 0.05) is 6.07 Å².